The highest BCUT2D eigenvalue weighted by Gasteiger charge is 2.28. The topological polar surface area (TPSA) is 83.5 Å². The Morgan fingerprint density at radius 3 is 1.88 bits per heavy atom. The summed E-state index contributed by atoms with van der Waals surface area (Å²) in [6, 6.07) is 26.9. The first-order chi connectivity index (χ1) is 23.5. The Hall–Kier alpha value is -3.00. The molecule has 0 radical (unpaired) electrons. The molecule has 0 aliphatic heterocycles. The lowest BCUT2D eigenvalue weighted by Crippen LogP contribution is -2.35. The molecule has 0 atom stereocenters. The summed E-state index contributed by atoms with van der Waals surface area (Å²) in [5.74, 6) is 0.834. The van der Waals surface area contributed by atoms with Gasteiger partial charge < -0.3 is 14.4 Å². The second-order valence-corrected chi connectivity index (χ2v) is 13.7. The minimum atomic E-state index is -3.94. The number of carbonyl (C=O) groups is 1. The van der Waals surface area contributed by atoms with Crippen molar-refractivity contribution in [1.82, 2.24) is 4.90 Å². The number of amides is 1. The molecular formula is C39H56NO7P. The average molecular weight is 682 g/mol. The number of phosphoric ester groups is 1. The molecule has 1 amide bonds. The minimum Gasteiger partial charge on any atom is -0.494 e. The number of benzene rings is 3. The fourth-order valence-electron chi connectivity index (χ4n) is 5.22. The standard InChI is InChI=1S/C39H56NO7P/c1-3-4-5-6-7-8-9-16-30-44-38-24-17-23-35(32-38)25-26-39(41)40(27-18-29-43-2)28-31-45-48(42,46-33-36-19-12-10-13-20-36)47-34-37-21-14-11-15-22-37/h10-15,17,19-24,32H,3-9,16,18,25-31,33-34H2,1-2H3. The van der Waals surface area contributed by atoms with Gasteiger partial charge in [0.05, 0.1) is 26.4 Å². The van der Waals surface area contributed by atoms with Gasteiger partial charge in [-0.1, -0.05) is 125 Å². The molecule has 9 heteroatoms. The van der Waals surface area contributed by atoms with Crippen LogP contribution in [0.2, 0.25) is 0 Å². The Bertz CT molecular complexity index is 1260. The molecule has 0 saturated carbocycles. The zero-order chi connectivity index (χ0) is 34.1. The van der Waals surface area contributed by atoms with Crippen molar-refractivity contribution in [2.75, 3.05) is 40.0 Å². The number of methoxy groups -OCH3 is 1. The maximum absolute atomic E-state index is 13.7. The summed E-state index contributed by atoms with van der Waals surface area (Å²) in [5.41, 5.74) is 2.75. The molecular weight excluding hydrogens is 625 g/mol. The van der Waals surface area contributed by atoms with E-state index in [4.69, 9.17) is 23.0 Å². The molecule has 0 aliphatic rings. The van der Waals surface area contributed by atoms with E-state index in [0.717, 1.165) is 28.9 Å². The largest absolute Gasteiger partial charge is 0.494 e. The summed E-state index contributed by atoms with van der Waals surface area (Å²) in [6.07, 6.45) is 11.7. The van der Waals surface area contributed by atoms with E-state index in [1.54, 1.807) is 12.0 Å². The maximum Gasteiger partial charge on any atom is 0.475 e. The van der Waals surface area contributed by atoms with Crippen molar-refractivity contribution in [3.8, 4) is 5.75 Å². The Kier molecular flexibility index (Phi) is 19.9. The molecule has 8 nitrogen and oxygen atoms in total. The van der Waals surface area contributed by atoms with Gasteiger partial charge >= 0.3 is 7.82 Å². The summed E-state index contributed by atoms with van der Waals surface area (Å²) < 4.78 is 42.2. The molecule has 264 valence electrons. The van der Waals surface area contributed by atoms with Crippen molar-refractivity contribution >= 4 is 13.7 Å². The van der Waals surface area contributed by atoms with Crippen LogP contribution in [0, 0.1) is 0 Å². The molecule has 0 heterocycles. The van der Waals surface area contributed by atoms with Crippen LogP contribution in [0.3, 0.4) is 0 Å². The van der Waals surface area contributed by atoms with Gasteiger partial charge in [-0.15, -0.1) is 0 Å². The second-order valence-electron chi connectivity index (χ2n) is 12.0. The van der Waals surface area contributed by atoms with E-state index < -0.39 is 7.82 Å². The third kappa shape index (κ3) is 16.9. The number of unbranched alkanes of at least 4 members (excludes halogenated alkanes) is 7. The molecule has 0 N–H and O–H groups in total. The molecule has 3 aromatic rings. The predicted molar refractivity (Wildman–Crippen MR) is 192 cm³/mol. The second kappa shape index (κ2) is 24.2. The third-order valence-electron chi connectivity index (χ3n) is 8.00. The van der Waals surface area contributed by atoms with Crippen LogP contribution in [0.25, 0.3) is 0 Å². The van der Waals surface area contributed by atoms with E-state index in [9.17, 15) is 9.36 Å². The Morgan fingerprint density at radius 2 is 1.25 bits per heavy atom. The van der Waals surface area contributed by atoms with Crippen molar-refractivity contribution in [1.29, 1.82) is 0 Å². The Morgan fingerprint density at radius 1 is 0.646 bits per heavy atom. The van der Waals surface area contributed by atoms with Gasteiger partial charge in [-0.3, -0.25) is 18.4 Å². The maximum atomic E-state index is 13.7. The highest BCUT2D eigenvalue weighted by Crippen LogP contribution is 2.50. The van der Waals surface area contributed by atoms with Gasteiger partial charge in [-0.05, 0) is 48.1 Å². The molecule has 3 aromatic carbocycles. The van der Waals surface area contributed by atoms with E-state index in [0.29, 0.717) is 39.0 Å². The van der Waals surface area contributed by atoms with Gasteiger partial charge in [0.25, 0.3) is 0 Å². The normalized spacial score (nSPS) is 11.5. The lowest BCUT2D eigenvalue weighted by molar-refractivity contribution is -0.131. The number of ether oxygens (including phenoxy) is 2. The van der Waals surface area contributed by atoms with Crippen LogP contribution in [-0.4, -0.2) is 50.8 Å². The van der Waals surface area contributed by atoms with Crippen molar-refractivity contribution in [3.63, 3.8) is 0 Å². The van der Waals surface area contributed by atoms with E-state index in [1.165, 1.54) is 44.9 Å². The van der Waals surface area contributed by atoms with Gasteiger partial charge in [0.15, 0.2) is 0 Å². The van der Waals surface area contributed by atoms with Crippen LogP contribution in [0.1, 0.15) is 87.8 Å². The quantitative estimate of drug-likeness (QED) is 0.0585. The molecule has 0 saturated heterocycles. The fourth-order valence-corrected chi connectivity index (χ4v) is 6.36. The van der Waals surface area contributed by atoms with Crippen molar-refractivity contribution in [3.05, 3.63) is 102 Å². The van der Waals surface area contributed by atoms with Crippen LogP contribution in [-0.2, 0) is 47.3 Å². The first-order valence-corrected chi connectivity index (χ1v) is 19.1. The van der Waals surface area contributed by atoms with Gasteiger partial charge in [0.1, 0.15) is 5.75 Å². The number of carbonyl (C=O) groups excluding carboxylic acids is 1. The zero-order valence-corrected chi connectivity index (χ0v) is 30.0. The predicted octanol–water partition coefficient (Wildman–Crippen LogP) is 9.56. The number of aryl methyl sites for hydroxylation is 1. The van der Waals surface area contributed by atoms with Gasteiger partial charge in [0, 0.05) is 33.2 Å². The first kappa shape index (κ1) is 39.4. The monoisotopic (exact) mass is 681 g/mol. The number of phosphoric acid groups is 1. The molecule has 48 heavy (non-hydrogen) atoms. The van der Waals surface area contributed by atoms with Crippen molar-refractivity contribution < 1.29 is 32.4 Å². The average Bonchev–Trinajstić information content (AvgIpc) is 3.12. The molecule has 0 unspecified atom stereocenters. The SMILES string of the molecule is CCCCCCCCCCOc1cccc(CCC(=O)N(CCCOC)CCOP(=O)(OCc2ccccc2)OCc2ccccc2)c1. The van der Waals surface area contributed by atoms with Crippen LogP contribution >= 0.6 is 7.82 Å². The van der Waals surface area contributed by atoms with Gasteiger partial charge in [-0.25, -0.2) is 4.57 Å². The smallest absolute Gasteiger partial charge is 0.475 e. The minimum absolute atomic E-state index is 0.00163. The summed E-state index contributed by atoms with van der Waals surface area (Å²) in [5, 5.41) is 0. The molecule has 0 spiro atoms. The van der Waals surface area contributed by atoms with Gasteiger partial charge in [-0.2, -0.15) is 0 Å². The van der Waals surface area contributed by atoms with Crippen molar-refractivity contribution in [2.24, 2.45) is 0 Å². The number of hydrogen-bond donors (Lipinski definition) is 0. The highest BCUT2D eigenvalue weighted by molar-refractivity contribution is 7.48. The number of hydrogen-bond acceptors (Lipinski definition) is 7. The fraction of sp³-hybridized carbons (Fsp3) is 0.513. The molecule has 0 aliphatic carbocycles. The van der Waals surface area contributed by atoms with E-state index in [1.807, 2.05) is 84.9 Å². The van der Waals surface area contributed by atoms with E-state index >= 15 is 0 Å². The van der Waals surface area contributed by atoms with Crippen LogP contribution in [0.4, 0.5) is 0 Å². The lowest BCUT2D eigenvalue weighted by Gasteiger charge is -2.24. The highest BCUT2D eigenvalue weighted by atomic mass is 31.2. The van der Waals surface area contributed by atoms with Crippen LogP contribution < -0.4 is 4.74 Å². The molecule has 0 fully saturated rings. The number of rotatable bonds is 27. The third-order valence-corrected chi connectivity index (χ3v) is 9.39. The Balaban J connectivity index is 1.49. The van der Waals surface area contributed by atoms with E-state index in [-0.39, 0.29) is 32.3 Å². The summed E-state index contributed by atoms with van der Waals surface area (Å²) in [4.78, 5) is 15.1. The van der Waals surface area contributed by atoms with Crippen molar-refractivity contribution in [2.45, 2.75) is 90.8 Å². The molecule has 0 bridgehead atoms. The first-order valence-electron chi connectivity index (χ1n) is 17.6. The van der Waals surface area contributed by atoms with Gasteiger partial charge in [0.2, 0.25) is 5.91 Å². The number of nitrogens with zero attached hydrogens (tertiary/aromatic N) is 1. The lowest BCUT2D eigenvalue weighted by atomic mass is 10.1. The molecule has 0 aromatic heterocycles. The van der Waals surface area contributed by atoms with E-state index in [2.05, 4.69) is 6.92 Å². The van der Waals surface area contributed by atoms with Crippen LogP contribution in [0.15, 0.2) is 84.9 Å². The molecule has 3 rings (SSSR count). The Labute approximate surface area is 288 Å². The zero-order valence-electron chi connectivity index (χ0n) is 29.1. The van der Waals surface area contributed by atoms with Crippen LogP contribution in [0.5, 0.6) is 5.75 Å². The summed E-state index contributed by atoms with van der Waals surface area (Å²) >= 11 is 0. The summed E-state index contributed by atoms with van der Waals surface area (Å²) in [6.45, 7) is 4.38. The summed E-state index contributed by atoms with van der Waals surface area (Å²) in [7, 11) is -2.29.